The number of aliphatic carboxylic acids is 1. The summed E-state index contributed by atoms with van der Waals surface area (Å²) in [4.78, 5) is 37.3. The number of methoxy groups -OCH3 is 1. The van der Waals surface area contributed by atoms with Gasteiger partial charge in [0.25, 0.3) is 0 Å². The fourth-order valence-electron chi connectivity index (χ4n) is 2.54. The molecular formula is C16H20N2O6. The first-order valence-corrected chi connectivity index (χ1v) is 7.54. The third-order valence-electron chi connectivity index (χ3n) is 3.75. The fraction of sp³-hybridized carbons (Fsp3) is 0.438. The second-order valence-corrected chi connectivity index (χ2v) is 5.29. The van der Waals surface area contributed by atoms with Crippen LogP contribution in [-0.2, 0) is 19.1 Å². The van der Waals surface area contributed by atoms with Gasteiger partial charge in [-0.2, -0.15) is 0 Å². The molecule has 1 aliphatic rings. The van der Waals surface area contributed by atoms with Crippen LogP contribution in [0.15, 0.2) is 24.3 Å². The predicted molar refractivity (Wildman–Crippen MR) is 84.8 cm³/mol. The second kappa shape index (κ2) is 8.42. The predicted octanol–water partition coefficient (Wildman–Crippen LogP) is 0.587. The first-order valence-electron chi connectivity index (χ1n) is 7.54. The first-order chi connectivity index (χ1) is 11.5. The van der Waals surface area contributed by atoms with Crippen molar-refractivity contribution in [2.24, 2.45) is 0 Å². The van der Waals surface area contributed by atoms with Crippen LogP contribution >= 0.6 is 0 Å². The molecule has 1 aromatic rings. The number of hydrogen-bond acceptors (Lipinski definition) is 6. The Morgan fingerprint density at radius 3 is 2.58 bits per heavy atom. The van der Waals surface area contributed by atoms with Gasteiger partial charge in [-0.15, -0.1) is 0 Å². The van der Waals surface area contributed by atoms with Crippen molar-refractivity contribution in [3.8, 4) is 0 Å². The number of carbonyl (C=O) groups is 3. The number of nitrogens with one attached hydrogen (secondary N) is 1. The summed E-state index contributed by atoms with van der Waals surface area (Å²) in [5, 5.41) is 11.7. The Hall–Kier alpha value is -2.45. The van der Waals surface area contributed by atoms with E-state index >= 15 is 0 Å². The number of anilines is 1. The number of rotatable bonds is 6. The Morgan fingerprint density at radius 2 is 1.96 bits per heavy atom. The molecule has 1 aromatic carbocycles. The molecule has 1 fully saturated rings. The molecule has 0 unspecified atom stereocenters. The molecule has 0 bridgehead atoms. The molecule has 24 heavy (non-hydrogen) atoms. The van der Waals surface area contributed by atoms with Gasteiger partial charge in [0.2, 0.25) is 5.91 Å². The summed E-state index contributed by atoms with van der Waals surface area (Å²) >= 11 is 0. The first kappa shape index (κ1) is 17.9. The molecule has 0 radical (unpaired) electrons. The van der Waals surface area contributed by atoms with Gasteiger partial charge in [0.15, 0.2) is 0 Å². The lowest BCUT2D eigenvalue weighted by Gasteiger charge is -2.32. The third kappa shape index (κ3) is 4.53. The van der Waals surface area contributed by atoms with Crippen LogP contribution in [-0.4, -0.2) is 67.3 Å². The minimum atomic E-state index is -1.07. The van der Waals surface area contributed by atoms with Gasteiger partial charge in [-0.1, -0.05) is 12.1 Å². The quantitative estimate of drug-likeness (QED) is 0.732. The SMILES string of the molecule is COC(=O)c1ccccc1NC(=O)[C@H](CC(=O)O)N1CCOCC1. The van der Waals surface area contributed by atoms with E-state index in [0.29, 0.717) is 26.3 Å². The van der Waals surface area contributed by atoms with E-state index in [2.05, 4.69) is 10.1 Å². The van der Waals surface area contributed by atoms with Crippen LogP contribution in [0.5, 0.6) is 0 Å². The standard InChI is InChI=1S/C16H20N2O6/c1-23-16(22)11-4-2-3-5-12(11)17-15(21)13(10-14(19)20)18-6-8-24-9-7-18/h2-5,13H,6-10H2,1H3,(H,17,21)(H,19,20)/t13-/m0/s1. The molecule has 0 saturated carbocycles. The van der Waals surface area contributed by atoms with Crippen molar-refractivity contribution in [2.45, 2.75) is 12.5 Å². The molecular weight excluding hydrogens is 316 g/mol. The van der Waals surface area contributed by atoms with Crippen molar-refractivity contribution in [1.29, 1.82) is 0 Å². The number of carboxylic acid groups (broad SMARTS) is 1. The van der Waals surface area contributed by atoms with Crippen LogP contribution in [0.2, 0.25) is 0 Å². The van der Waals surface area contributed by atoms with Crippen molar-refractivity contribution >= 4 is 23.5 Å². The maximum absolute atomic E-state index is 12.6. The molecule has 8 heteroatoms. The number of nitrogens with zero attached hydrogens (tertiary/aromatic N) is 1. The van der Waals surface area contributed by atoms with E-state index in [1.807, 2.05) is 0 Å². The van der Waals surface area contributed by atoms with Crippen molar-refractivity contribution in [3.05, 3.63) is 29.8 Å². The highest BCUT2D eigenvalue weighted by atomic mass is 16.5. The summed E-state index contributed by atoms with van der Waals surface area (Å²) in [5.74, 6) is -2.12. The molecule has 1 heterocycles. The molecule has 8 nitrogen and oxygen atoms in total. The topological polar surface area (TPSA) is 105 Å². The molecule has 0 spiro atoms. The maximum Gasteiger partial charge on any atom is 0.339 e. The molecule has 1 amide bonds. The highest BCUT2D eigenvalue weighted by molar-refractivity contribution is 6.03. The number of hydrogen-bond donors (Lipinski definition) is 2. The van der Waals surface area contributed by atoms with Crippen LogP contribution in [0.1, 0.15) is 16.8 Å². The smallest absolute Gasteiger partial charge is 0.339 e. The number of carboxylic acids is 1. The van der Waals surface area contributed by atoms with Gasteiger partial charge in [-0.25, -0.2) is 4.79 Å². The number of ether oxygens (including phenoxy) is 2. The lowest BCUT2D eigenvalue weighted by Crippen LogP contribution is -2.50. The molecule has 2 N–H and O–H groups in total. The Labute approximate surface area is 139 Å². The third-order valence-corrected chi connectivity index (χ3v) is 3.75. The van der Waals surface area contributed by atoms with Crippen LogP contribution in [0.4, 0.5) is 5.69 Å². The van der Waals surface area contributed by atoms with Gasteiger partial charge in [0.05, 0.1) is 38.0 Å². The average Bonchev–Trinajstić information content (AvgIpc) is 2.60. The Balaban J connectivity index is 2.18. The zero-order valence-electron chi connectivity index (χ0n) is 13.4. The molecule has 1 atom stereocenters. The fourth-order valence-corrected chi connectivity index (χ4v) is 2.54. The summed E-state index contributed by atoms with van der Waals surface area (Å²) in [7, 11) is 1.25. The monoisotopic (exact) mass is 336 g/mol. The minimum Gasteiger partial charge on any atom is -0.481 e. The highest BCUT2D eigenvalue weighted by Crippen LogP contribution is 2.18. The van der Waals surface area contributed by atoms with Gasteiger partial charge in [0, 0.05) is 13.1 Å². The zero-order chi connectivity index (χ0) is 17.5. The molecule has 0 aromatic heterocycles. The zero-order valence-corrected chi connectivity index (χ0v) is 13.4. The van der Waals surface area contributed by atoms with Gasteiger partial charge in [-0.3, -0.25) is 14.5 Å². The van der Waals surface area contributed by atoms with Crippen LogP contribution in [0.25, 0.3) is 0 Å². The average molecular weight is 336 g/mol. The van der Waals surface area contributed by atoms with E-state index in [9.17, 15) is 14.4 Å². The summed E-state index contributed by atoms with van der Waals surface area (Å²) in [6.07, 6.45) is -0.327. The molecule has 1 aliphatic heterocycles. The number of carbonyl (C=O) groups excluding carboxylic acids is 2. The minimum absolute atomic E-state index is 0.212. The van der Waals surface area contributed by atoms with E-state index in [0.717, 1.165) is 0 Å². The van der Waals surface area contributed by atoms with Crippen molar-refractivity contribution < 1.29 is 29.0 Å². The largest absolute Gasteiger partial charge is 0.481 e. The molecule has 1 saturated heterocycles. The van der Waals surface area contributed by atoms with E-state index in [-0.39, 0.29) is 17.7 Å². The van der Waals surface area contributed by atoms with E-state index in [1.165, 1.54) is 13.2 Å². The second-order valence-electron chi connectivity index (χ2n) is 5.29. The highest BCUT2D eigenvalue weighted by Gasteiger charge is 2.30. The Morgan fingerprint density at radius 1 is 1.29 bits per heavy atom. The van der Waals surface area contributed by atoms with Gasteiger partial charge in [0.1, 0.15) is 6.04 Å². The van der Waals surface area contributed by atoms with Crippen molar-refractivity contribution in [3.63, 3.8) is 0 Å². The van der Waals surface area contributed by atoms with Crippen molar-refractivity contribution in [2.75, 3.05) is 38.7 Å². The van der Waals surface area contributed by atoms with Gasteiger partial charge < -0.3 is 19.9 Å². The van der Waals surface area contributed by atoms with Gasteiger partial charge >= 0.3 is 11.9 Å². The Bertz CT molecular complexity index is 612. The summed E-state index contributed by atoms with van der Waals surface area (Å²) in [5.41, 5.74) is 0.502. The lowest BCUT2D eigenvalue weighted by molar-refractivity contribution is -0.141. The number of morpholine rings is 1. The van der Waals surface area contributed by atoms with E-state index in [4.69, 9.17) is 9.84 Å². The van der Waals surface area contributed by atoms with E-state index < -0.39 is 23.9 Å². The number of para-hydroxylation sites is 1. The number of benzene rings is 1. The van der Waals surface area contributed by atoms with Gasteiger partial charge in [-0.05, 0) is 12.1 Å². The Kier molecular flexibility index (Phi) is 6.28. The van der Waals surface area contributed by atoms with Crippen molar-refractivity contribution in [1.82, 2.24) is 4.90 Å². The summed E-state index contributed by atoms with van der Waals surface area (Å²) < 4.78 is 9.92. The van der Waals surface area contributed by atoms with E-state index in [1.54, 1.807) is 23.1 Å². The lowest BCUT2D eigenvalue weighted by atomic mass is 10.1. The summed E-state index contributed by atoms with van der Waals surface area (Å²) in [6, 6.07) is 5.59. The number of amides is 1. The number of esters is 1. The summed E-state index contributed by atoms with van der Waals surface area (Å²) in [6.45, 7) is 1.85. The molecule has 2 rings (SSSR count). The maximum atomic E-state index is 12.6. The van der Waals surface area contributed by atoms with Crippen LogP contribution < -0.4 is 5.32 Å². The van der Waals surface area contributed by atoms with Crippen LogP contribution in [0, 0.1) is 0 Å². The normalized spacial score (nSPS) is 16.2. The van der Waals surface area contributed by atoms with Crippen LogP contribution in [0.3, 0.4) is 0 Å². The molecule has 130 valence electrons. The molecule has 0 aliphatic carbocycles.